The number of rotatable bonds is 3. The summed E-state index contributed by atoms with van der Waals surface area (Å²) in [6, 6.07) is -0.930. The van der Waals surface area contributed by atoms with E-state index >= 15 is 0 Å². The van der Waals surface area contributed by atoms with Gasteiger partial charge in [0.25, 0.3) is 0 Å². The highest BCUT2D eigenvalue weighted by Gasteiger charge is 2.44. The van der Waals surface area contributed by atoms with Crippen LogP contribution in [0.1, 0.15) is 6.92 Å². The van der Waals surface area contributed by atoms with E-state index < -0.39 is 43.1 Å². The third kappa shape index (κ3) is 3.29. The summed E-state index contributed by atoms with van der Waals surface area (Å²) in [5.74, 6) is -0.406. The monoisotopic (exact) mass is 262 g/mol. The molecule has 0 bridgehead atoms. The summed E-state index contributed by atoms with van der Waals surface area (Å²) in [5.41, 5.74) is 0. The molecule has 1 aliphatic heterocycles. The van der Waals surface area contributed by atoms with Crippen molar-refractivity contribution in [3.8, 4) is 0 Å². The van der Waals surface area contributed by atoms with Crippen LogP contribution < -0.4 is 5.32 Å². The Morgan fingerprint density at radius 2 is 2.18 bits per heavy atom. The van der Waals surface area contributed by atoms with Crippen LogP contribution in [-0.2, 0) is 9.53 Å². The maximum Gasteiger partial charge on any atom is 0.217 e. The van der Waals surface area contributed by atoms with Gasteiger partial charge in [0, 0.05) is 6.92 Å². The zero-order chi connectivity index (χ0) is 13.0. The molecule has 8 heteroatoms. The second-order valence-corrected chi connectivity index (χ2v) is 3.86. The average Bonchev–Trinajstić information content (AvgIpc) is 2.28. The lowest BCUT2D eigenvalue weighted by molar-refractivity contribution is -0.192. The number of carbonyl (C=O) groups excluding carboxylic acids is 1. The molecule has 0 aromatic rings. The molecule has 1 aliphatic rings. The second kappa shape index (κ2) is 6.15. The van der Waals surface area contributed by atoms with Gasteiger partial charge in [-0.1, -0.05) is 0 Å². The van der Waals surface area contributed by atoms with Crippen LogP contribution in [-0.4, -0.2) is 63.6 Å². The van der Waals surface area contributed by atoms with Gasteiger partial charge in [0.1, 0.15) is 24.4 Å². The summed E-state index contributed by atoms with van der Waals surface area (Å²) in [6.07, 6.45) is -4.57. The van der Waals surface area contributed by atoms with E-state index in [-0.39, 0.29) is 0 Å². The highest BCUT2D eigenvalue weighted by atomic mass is 32.1. The fourth-order valence-electron chi connectivity index (χ4n) is 1.65. The molecule has 0 saturated carbocycles. The third-order valence-corrected chi connectivity index (χ3v) is 2.56. The molecule has 1 rings (SSSR count). The van der Waals surface area contributed by atoms with Crippen molar-refractivity contribution in [1.82, 2.24) is 5.32 Å². The van der Waals surface area contributed by atoms with Gasteiger partial charge >= 0.3 is 0 Å². The number of nitrogens with one attached hydrogen (secondary N) is 1. The summed E-state index contributed by atoms with van der Waals surface area (Å²) in [4.78, 5) is 14.6. The molecule has 1 heterocycles. The predicted molar refractivity (Wildman–Crippen MR) is 60.4 cm³/mol. The Kier molecular flexibility index (Phi) is 5.13. The molecular weight excluding hydrogens is 248 g/mol. The van der Waals surface area contributed by atoms with Crippen molar-refractivity contribution in [2.75, 3.05) is 6.61 Å². The van der Waals surface area contributed by atoms with Gasteiger partial charge < -0.3 is 25.4 Å². The number of nitrogens with zero attached hydrogens (tertiary/aromatic N) is 1. The first-order valence-electron chi connectivity index (χ1n) is 4.97. The van der Waals surface area contributed by atoms with Gasteiger partial charge in [-0.15, -0.1) is 0 Å². The molecule has 0 radical (unpaired) electrons. The van der Waals surface area contributed by atoms with E-state index in [1.807, 2.05) is 0 Å². The lowest BCUT2D eigenvalue weighted by atomic mass is 9.96. The van der Waals surface area contributed by atoms with Crippen molar-refractivity contribution in [3.05, 3.63) is 0 Å². The fourth-order valence-corrected chi connectivity index (χ4v) is 1.75. The number of amides is 1. The van der Waals surface area contributed by atoms with Crippen LogP contribution in [0.25, 0.3) is 0 Å². The van der Waals surface area contributed by atoms with E-state index in [0.29, 0.717) is 0 Å². The topological polar surface area (TPSA) is 111 Å². The lowest BCUT2D eigenvalue weighted by Crippen LogP contribution is -2.63. The molecule has 1 fully saturated rings. The third-order valence-electron chi connectivity index (χ3n) is 2.45. The molecule has 0 aliphatic carbocycles. The molecule has 0 unspecified atom stereocenters. The van der Waals surface area contributed by atoms with Crippen LogP contribution in [0.15, 0.2) is 4.99 Å². The highest BCUT2D eigenvalue weighted by Crippen LogP contribution is 2.21. The van der Waals surface area contributed by atoms with Gasteiger partial charge in [0.15, 0.2) is 6.23 Å². The normalized spacial score (nSPS) is 37.1. The minimum atomic E-state index is -1.31. The lowest BCUT2D eigenvalue weighted by Gasteiger charge is -2.40. The number of isothiocyanates is 1. The van der Waals surface area contributed by atoms with Crippen molar-refractivity contribution >= 4 is 23.3 Å². The van der Waals surface area contributed by atoms with Gasteiger partial charge in [-0.05, 0) is 12.2 Å². The Hall–Kier alpha value is -0.890. The SMILES string of the molecule is CC(=O)N[C@@H]1[C@@H](O)[C@H](O)[C@@H](CO)O[C@H]1N=C=S. The molecule has 0 aromatic carbocycles. The van der Waals surface area contributed by atoms with Crippen molar-refractivity contribution < 1.29 is 24.9 Å². The van der Waals surface area contributed by atoms with Crippen LogP contribution >= 0.6 is 12.2 Å². The Labute approximate surface area is 103 Å². The number of carbonyl (C=O) groups is 1. The maximum atomic E-state index is 11.0. The highest BCUT2D eigenvalue weighted by molar-refractivity contribution is 7.78. The molecule has 96 valence electrons. The van der Waals surface area contributed by atoms with Crippen molar-refractivity contribution in [1.29, 1.82) is 0 Å². The summed E-state index contributed by atoms with van der Waals surface area (Å²) in [6.45, 7) is 0.782. The first-order valence-corrected chi connectivity index (χ1v) is 5.38. The van der Waals surface area contributed by atoms with E-state index in [4.69, 9.17) is 9.84 Å². The molecule has 0 spiro atoms. The molecule has 0 aromatic heterocycles. The van der Waals surface area contributed by atoms with Crippen molar-refractivity contribution in [2.24, 2.45) is 4.99 Å². The van der Waals surface area contributed by atoms with Gasteiger partial charge in [-0.25, -0.2) is 0 Å². The van der Waals surface area contributed by atoms with Gasteiger partial charge in [-0.2, -0.15) is 4.99 Å². The molecule has 17 heavy (non-hydrogen) atoms. The average molecular weight is 262 g/mol. The number of hydrogen-bond donors (Lipinski definition) is 4. The predicted octanol–water partition coefficient (Wildman–Crippen LogP) is -1.97. The Morgan fingerprint density at radius 1 is 1.53 bits per heavy atom. The zero-order valence-corrected chi connectivity index (χ0v) is 9.92. The van der Waals surface area contributed by atoms with E-state index in [0.717, 1.165) is 0 Å². The van der Waals surface area contributed by atoms with Crippen LogP contribution in [0.2, 0.25) is 0 Å². The Morgan fingerprint density at radius 3 is 2.65 bits per heavy atom. The summed E-state index contributed by atoms with van der Waals surface area (Å²) in [7, 11) is 0. The largest absolute Gasteiger partial charge is 0.394 e. The van der Waals surface area contributed by atoms with E-state index in [1.54, 1.807) is 0 Å². The number of aliphatic hydroxyl groups is 3. The maximum absolute atomic E-state index is 11.0. The summed E-state index contributed by atoms with van der Waals surface area (Å²) >= 11 is 4.43. The van der Waals surface area contributed by atoms with Crippen LogP contribution in [0.3, 0.4) is 0 Å². The minimum absolute atomic E-state index is 0.406. The van der Waals surface area contributed by atoms with Crippen LogP contribution in [0, 0.1) is 0 Å². The molecular formula is C9H14N2O5S. The Balaban J connectivity index is 2.90. The smallest absolute Gasteiger partial charge is 0.217 e. The second-order valence-electron chi connectivity index (χ2n) is 3.68. The van der Waals surface area contributed by atoms with Crippen LogP contribution in [0.5, 0.6) is 0 Å². The van der Waals surface area contributed by atoms with E-state index in [2.05, 4.69) is 27.7 Å². The van der Waals surface area contributed by atoms with E-state index in [9.17, 15) is 15.0 Å². The Bertz CT molecular complexity index is 333. The summed E-state index contributed by atoms with van der Waals surface area (Å²) in [5, 5.41) is 32.9. The first-order chi connectivity index (χ1) is 8.01. The number of aliphatic hydroxyl groups excluding tert-OH is 3. The summed E-state index contributed by atoms with van der Waals surface area (Å²) < 4.78 is 5.20. The molecule has 5 atom stereocenters. The van der Waals surface area contributed by atoms with Crippen molar-refractivity contribution in [2.45, 2.75) is 37.5 Å². The minimum Gasteiger partial charge on any atom is -0.394 e. The number of ether oxygens (including phenoxy) is 1. The van der Waals surface area contributed by atoms with Crippen LogP contribution in [0.4, 0.5) is 0 Å². The quantitative estimate of drug-likeness (QED) is 0.347. The molecule has 1 amide bonds. The van der Waals surface area contributed by atoms with Gasteiger partial charge in [-0.3, -0.25) is 4.79 Å². The van der Waals surface area contributed by atoms with Gasteiger partial charge in [0.2, 0.25) is 5.91 Å². The van der Waals surface area contributed by atoms with E-state index in [1.165, 1.54) is 6.92 Å². The molecule has 1 saturated heterocycles. The number of aliphatic imine (C=N–C) groups is 1. The number of hydrogen-bond acceptors (Lipinski definition) is 7. The molecule has 7 nitrogen and oxygen atoms in total. The zero-order valence-electron chi connectivity index (χ0n) is 9.11. The fraction of sp³-hybridized carbons (Fsp3) is 0.778. The standard InChI is InChI=1S/C9H14N2O5S/c1-4(13)11-6-8(15)7(14)5(2-12)16-9(6)10-3-17/h5-9,12,14-15H,2H2,1H3,(H,11,13)/t5-,6-,7-,8-,9-/m1/s1. The number of thiocarbonyl (C=S) groups is 1. The first kappa shape index (κ1) is 14.2. The molecule has 4 N–H and O–H groups in total. The van der Waals surface area contributed by atoms with Crippen molar-refractivity contribution in [3.63, 3.8) is 0 Å². The van der Waals surface area contributed by atoms with Gasteiger partial charge in [0.05, 0.1) is 11.8 Å².